The quantitative estimate of drug-likeness (QED) is 0.422. The molecular weight excluding hydrogens is 510 g/mol. The number of fused-ring (bicyclic) bond motifs is 2. The Bertz CT molecular complexity index is 1470. The first-order chi connectivity index (χ1) is 20.1. The Morgan fingerprint density at radius 2 is 2.00 bits per heavy atom. The lowest BCUT2D eigenvalue weighted by atomic mass is 9.99. The van der Waals surface area contributed by atoms with E-state index in [1.807, 2.05) is 0 Å². The largest absolute Gasteiger partial charge is 0.462 e. The summed E-state index contributed by atoms with van der Waals surface area (Å²) in [6, 6.07) is 16.3. The Labute approximate surface area is 243 Å². The van der Waals surface area contributed by atoms with Crippen LogP contribution in [0.5, 0.6) is 6.01 Å². The molecule has 212 valence electrons. The number of likely N-dealkylation sites (tertiary alicyclic amines) is 1. The molecule has 1 aromatic heterocycles. The van der Waals surface area contributed by atoms with Crippen molar-refractivity contribution in [2.75, 3.05) is 55.7 Å². The van der Waals surface area contributed by atoms with Crippen molar-refractivity contribution in [2.24, 2.45) is 0 Å². The maximum atomic E-state index is 9.32. The summed E-state index contributed by atoms with van der Waals surface area (Å²) in [6.45, 7) is 8.76. The average molecular weight is 550 g/mol. The number of nitrogens with one attached hydrogen (secondary N) is 1. The van der Waals surface area contributed by atoms with Crippen LogP contribution in [0.15, 0.2) is 36.4 Å². The van der Waals surface area contributed by atoms with Gasteiger partial charge in [0.05, 0.1) is 24.7 Å². The summed E-state index contributed by atoms with van der Waals surface area (Å²) < 4.78 is 6.37. The molecule has 41 heavy (non-hydrogen) atoms. The van der Waals surface area contributed by atoms with Crippen molar-refractivity contribution in [3.05, 3.63) is 53.2 Å². The monoisotopic (exact) mass is 549 g/mol. The van der Waals surface area contributed by atoms with Gasteiger partial charge in [-0.1, -0.05) is 30.3 Å². The molecule has 8 nitrogen and oxygen atoms in total. The van der Waals surface area contributed by atoms with Gasteiger partial charge in [-0.05, 0) is 49.7 Å². The number of nitrogens with zero attached hydrogens (tertiary/aromatic N) is 6. The number of piperazine rings is 1. The van der Waals surface area contributed by atoms with E-state index in [1.54, 1.807) is 0 Å². The minimum atomic E-state index is 0.130. The summed E-state index contributed by atoms with van der Waals surface area (Å²) in [5.74, 6) is 3.74. The Morgan fingerprint density at radius 3 is 2.85 bits per heavy atom. The van der Waals surface area contributed by atoms with Crippen molar-refractivity contribution in [1.29, 1.82) is 5.26 Å². The van der Waals surface area contributed by atoms with Gasteiger partial charge in [-0.25, -0.2) is 0 Å². The third kappa shape index (κ3) is 5.81. The van der Waals surface area contributed by atoms with E-state index in [9.17, 15) is 5.26 Å². The zero-order valence-electron chi connectivity index (χ0n) is 24.0. The van der Waals surface area contributed by atoms with Crippen molar-refractivity contribution >= 4 is 22.3 Å². The highest BCUT2D eigenvalue weighted by atomic mass is 16.5. The molecule has 0 aliphatic carbocycles. The number of aryl methyl sites for hydroxylation is 1. The van der Waals surface area contributed by atoms with E-state index in [-0.39, 0.29) is 6.04 Å². The van der Waals surface area contributed by atoms with E-state index in [1.165, 1.54) is 27.6 Å². The fraction of sp³-hybridized carbons (Fsp3) is 0.485. The second kappa shape index (κ2) is 12.3. The minimum absolute atomic E-state index is 0.130. The van der Waals surface area contributed by atoms with Gasteiger partial charge >= 0.3 is 6.01 Å². The fourth-order valence-electron chi connectivity index (χ4n) is 6.71. The molecule has 0 spiro atoms. The molecule has 2 aromatic carbocycles. The van der Waals surface area contributed by atoms with Gasteiger partial charge in [0, 0.05) is 67.9 Å². The summed E-state index contributed by atoms with van der Waals surface area (Å²) in [7, 11) is 0. The molecule has 0 amide bonds. The van der Waals surface area contributed by atoms with E-state index in [4.69, 9.17) is 21.1 Å². The SMILES string of the molecule is C#CCCN1CCC[C@H]1COc1nc2c(c(N3CCN[C@@H](CC#N)C3)n1)CCN(c1cccc3cccc(C)c13)C2. The zero-order valence-corrected chi connectivity index (χ0v) is 24.0. The number of hydrogen-bond acceptors (Lipinski definition) is 8. The first kappa shape index (κ1) is 27.3. The molecule has 2 atom stereocenters. The molecule has 8 heteroatoms. The lowest BCUT2D eigenvalue weighted by Crippen LogP contribution is -2.51. The maximum Gasteiger partial charge on any atom is 0.318 e. The average Bonchev–Trinajstić information content (AvgIpc) is 3.45. The van der Waals surface area contributed by atoms with Crippen LogP contribution in [0.4, 0.5) is 11.5 Å². The fourth-order valence-corrected chi connectivity index (χ4v) is 6.71. The van der Waals surface area contributed by atoms with Gasteiger partial charge in [0.25, 0.3) is 0 Å². The van der Waals surface area contributed by atoms with Crippen LogP contribution in [-0.4, -0.2) is 72.8 Å². The van der Waals surface area contributed by atoms with Gasteiger partial charge < -0.3 is 19.9 Å². The Kier molecular flexibility index (Phi) is 8.23. The Balaban J connectivity index is 1.31. The lowest BCUT2D eigenvalue weighted by Gasteiger charge is -2.37. The maximum absolute atomic E-state index is 9.32. The molecule has 2 saturated heterocycles. The highest BCUT2D eigenvalue weighted by Gasteiger charge is 2.30. The van der Waals surface area contributed by atoms with E-state index >= 15 is 0 Å². The van der Waals surface area contributed by atoms with Crippen LogP contribution in [0.2, 0.25) is 0 Å². The van der Waals surface area contributed by atoms with E-state index in [2.05, 4.69) is 75.3 Å². The normalized spacial score (nSPS) is 21.0. The molecule has 1 N–H and O–H groups in total. The topological polar surface area (TPSA) is 80.5 Å². The van der Waals surface area contributed by atoms with Gasteiger partial charge in [0.1, 0.15) is 12.4 Å². The molecule has 3 aliphatic rings. The number of rotatable bonds is 8. The predicted octanol–water partition coefficient (Wildman–Crippen LogP) is 4.06. The summed E-state index contributed by atoms with van der Waals surface area (Å²) in [5.41, 5.74) is 4.78. The summed E-state index contributed by atoms with van der Waals surface area (Å²) in [4.78, 5) is 17.3. The lowest BCUT2D eigenvalue weighted by molar-refractivity contribution is 0.167. The molecule has 3 aromatic rings. The van der Waals surface area contributed by atoms with Crippen LogP contribution in [0.1, 0.15) is 42.5 Å². The number of ether oxygens (including phenoxy) is 1. The van der Waals surface area contributed by atoms with Gasteiger partial charge in [-0.3, -0.25) is 4.90 Å². The summed E-state index contributed by atoms with van der Waals surface area (Å²) in [5, 5.41) is 15.4. The van der Waals surface area contributed by atoms with Crippen LogP contribution in [-0.2, 0) is 13.0 Å². The van der Waals surface area contributed by atoms with Gasteiger partial charge in [-0.15, -0.1) is 12.3 Å². The number of anilines is 2. The number of nitriles is 1. The van der Waals surface area contributed by atoms with Crippen molar-refractivity contribution in [1.82, 2.24) is 20.2 Å². The van der Waals surface area contributed by atoms with Crippen molar-refractivity contribution < 1.29 is 4.74 Å². The Hall–Kier alpha value is -3.85. The molecule has 6 rings (SSSR count). The molecule has 3 aliphatic heterocycles. The molecule has 2 fully saturated rings. The Morgan fingerprint density at radius 1 is 1.12 bits per heavy atom. The van der Waals surface area contributed by atoms with Gasteiger partial charge in [0.2, 0.25) is 0 Å². The van der Waals surface area contributed by atoms with Crippen LogP contribution in [0.25, 0.3) is 10.8 Å². The van der Waals surface area contributed by atoms with Crippen LogP contribution in [0.3, 0.4) is 0 Å². The van der Waals surface area contributed by atoms with E-state index in [0.29, 0.717) is 31.6 Å². The molecule has 0 radical (unpaired) electrons. The third-order valence-corrected chi connectivity index (χ3v) is 8.79. The summed E-state index contributed by atoms with van der Waals surface area (Å²) in [6.07, 6.45) is 9.90. The highest BCUT2D eigenvalue weighted by molar-refractivity contribution is 5.97. The highest BCUT2D eigenvalue weighted by Crippen LogP contribution is 2.35. The minimum Gasteiger partial charge on any atom is -0.462 e. The standard InChI is InChI=1S/C33H39N7O/c1-3-4-17-38-18-7-11-27(38)23-41-33-36-29-22-39(30-12-6-10-25-9-5-8-24(2)31(25)30)19-14-28(29)32(37-33)40-20-16-35-26(21-40)13-15-34/h1,5-6,8-10,12,26-27,35H,4,7,11,13-14,16-23H2,2H3/t26-,27-/m0/s1. The van der Waals surface area contributed by atoms with Gasteiger partial charge in [0.15, 0.2) is 0 Å². The van der Waals surface area contributed by atoms with E-state index in [0.717, 1.165) is 76.5 Å². The smallest absolute Gasteiger partial charge is 0.318 e. The first-order valence-corrected chi connectivity index (χ1v) is 14.9. The number of aromatic nitrogens is 2. The molecule has 0 unspecified atom stereocenters. The molecule has 0 bridgehead atoms. The second-order valence-corrected chi connectivity index (χ2v) is 11.4. The van der Waals surface area contributed by atoms with Crippen molar-refractivity contribution in [2.45, 2.75) is 57.7 Å². The number of terminal acetylenes is 1. The van der Waals surface area contributed by atoms with Gasteiger partial charge in [-0.2, -0.15) is 15.2 Å². The zero-order chi connectivity index (χ0) is 28.2. The molecular formula is C33H39N7O. The predicted molar refractivity (Wildman–Crippen MR) is 163 cm³/mol. The van der Waals surface area contributed by atoms with Crippen LogP contribution in [0, 0.1) is 30.6 Å². The third-order valence-electron chi connectivity index (χ3n) is 8.79. The number of benzene rings is 2. The van der Waals surface area contributed by atoms with Crippen LogP contribution < -0.4 is 19.9 Å². The molecule has 4 heterocycles. The first-order valence-electron chi connectivity index (χ1n) is 14.9. The summed E-state index contributed by atoms with van der Waals surface area (Å²) >= 11 is 0. The second-order valence-electron chi connectivity index (χ2n) is 11.4. The van der Waals surface area contributed by atoms with Crippen LogP contribution >= 0.6 is 0 Å². The molecule has 0 saturated carbocycles. The van der Waals surface area contributed by atoms with E-state index < -0.39 is 0 Å². The number of hydrogen-bond donors (Lipinski definition) is 1. The van der Waals surface area contributed by atoms with Crippen molar-refractivity contribution in [3.63, 3.8) is 0 Å². The van der Waals surface area contributed by atoms with Crippen molar-refractivity contribution in [3.8, 4) is 24.4 Å².